The summed E-state index contributed by atoms with van der Waals surface area (Å²) in [6.07, 6.45) is 1.60. The Morgan fingerprint density at radius 3 is 2.36 bits per heavy atom. The zero-order chi connectivity index (χ0) is 16.3. The largest absolute Gasteiger partial charge is 0.264 e. The number of halogens is 1. The summed E-state index contributed by atoms with van der Waals surface area (Å²) in [6.45, 7) is 7.81. The molecule has 0 amide bonds. The van der Waals surface area contributed by atoms with Crippen LogP contribution in [0.15, 0.2) is 64.5 Å². The summed E-state index contributed by atoms with van der Waals surface area (Å²) < 4.78 is 28.2. The van der Waals surface area contributed by atoms with Gasteiger partial charge >= 0.3 is 0 Å². The second-order valence-electron chi connectivity index (χ2n) is 5.00. The third-order valence-electron chi connectivity index (χ3n) is 3.54. The third kappa shape index (κ3) is 3.25. The molecule has 0 spiro atoms. The molecule has 0 aromatic heterocycles. The first-order valence-electron chi connectivity index (χ1n) is 6.83. The number of sulfonamides is 1. The summed E-state index contributed by atoms with van der Waals surface area (Å²) in [5.41, 5.74) is 2.69. The van der Waals surface area contributed by atoms with E-state index in [2.05, 4.69) is 22.5 Å². The smallest absolute Gasteiger partial charge is 0.262 e. The van der Waals surface area contributed by atoms with E-state index < -0.39 is 10.0 Å². The van der Waals surface area contributed by atoms with Crippen LogP contribution in [-0.4, -0.2) is 15.0 Å². The molecule has 0 atom stereocenters. The van der Waals surface area contributed by atoms with E-state index in [9.17, 15) is 8.42 Å². The van der Waals surface area contributed by atoms with Crippen molar-refractivity contribution >= 4 is 31.6 Å². The third-order valence-corrected chi connectivity index (χ3v) is 5.86. The van der Waals surface area contributed by atoms with E-state index in [4.69, 9.17) is 0 Å². The molecule has 5 heteroatoms. The number of benzene rings is 2. The molecule has 0 heterocycles. The average molecular weight is 380 g/mol. The van der Waals surface area contributed by atoms with Crippen LogP contribution in [0.2, 0.25) is 0 Å². The molecule has 2 aromatic rings. The van der Waals surface area contributed by atoms with Crippen LogP contribution in [0.25, 0.3) is 0 Å². The Balaban J connectivity index is 2.58. The number of anilines is 1. The summed E-state index contributed by atoms with van der Waals surface area (Å²) >= 11 is 3.32. The van der Waals surface area contributed by atoms with Crippen molar-refractivity contribution in [1.29, 1.82) is 0 Å². The maximum atomic E-state index is 13.0. The summed E-state index contributed by atoms with van der Waals surface area (Å²) in [6, 6.07) is 12.3. The predicted octanol–water partition coefficient (Wildman–Crippen LogP) is 4.45. The molecule has 2 aromatic carbocycles. The van der Waals surface area contributed by atoms with Gasteiger partial charge in [0.15, 0.2) is 0 Å². The summed E-state index contributed by atoms with van der Waals surface area (Å²) in [5.74, 6) is 0. The summed E-state index contributed by atoms with van der Waals surface area (Å²) in [7, 11) is -3.63. The Bertz CT molecular complexity index is 783. The predicted molar refractivity (Wildman–Crippen MR) is 94.8 cm³/mol. The zero-order valence-electron chi connectivity index (χ0n) is 12.6. The van der Waals surface area contributed by atoms with E-state index in [1.165, 1.54) is 4.31 Å². The van der Waals surface area contributed by atoms with Gasteiger partial charge in [-0.05, 0) is 55.3 Å². The normalized spacial score (nSPS) is 11.2. The van der Waals surface area contributed by atoms with Crippen LogP contribution in [0.4, 0.5) is 5.69 Å². The molecular weight excluding hydrogens is 362 g/mol. The van der Waals surface area contributed by atoms with Gasteiger partial charge in [-0.15, -0.1) is 6.58 Å². The lowest BCUT2D eigenvalue weighted by atomic mass is 10.1. The van der Waals surface area contributed by atoms with E-state index >= 15 is 0 Å². The van der Waals surface area contributed by atoms with Crippen molar-refractivity contribution in [2.45, 2.75) is 18.7 Å². The van der Waals surface area contributed by atoms with Crippen LogP contribution in [-0.2, 0) is 10.0 Å². The Labute approximate surface area is 140 Å². The zero-order valence-corrected chi connectivity index (χ0v) is 15.0. The lowest BCUT2D eigenvalue weighted by molar-refractivity contribution is 0.592. The van der Waals surface area contributed by atoms with Gasteiger partial charge in [-0.2, -0.15) is 0 Å². The molecule has 0 fully saturated rings. The topological polar surface area (TPSA) is 37.4 Å². The monoisotopic (exact) mass is 379 g/mol. The minimum Gasteiger partial charge on any atom is -0.262 e. The van der Waals surface area contributed by atoms with Crippen molar-refractivity contribution in [2.75, 3.05) is 10.8 Å². The average Bonchev–Trinajstić information content (AvgIpc) is 2.48. The van der Waals surface area contributed by atoms with Crippen LogP contribution in [0.1, 0.15) is 11.1 Å². The molecule has 0 aliphatic heterocycles. The van der Waals surface area contributed by atoms with Crippen molar-refractivity contribution in [1.82, 2.24) is 0 Å². The number of hydrogen-bond donors (Lipinski definition) is 0. The highest BCUT2D eigenvalue weighted by Crippen LogP contribution is 2.29. The molecule has 0 unspecified atom stereocenters. The lowest BCUT2D eigenvalue weighted by Crippen LogP contribution is -2.31. The Morgan fingerprint density at radius 2 is 1.77 bits per heavy atom. The molecule has 0 saturated carbocycles. The van der Waals surface area contributed by atoms with Crippen molar-refractivity contribution in [3.8, 4) is 0 Å². The molecular formula is C17H18BrNO2S. The maximum Gasteiger partial charge on any atom is 0.264 e. The Kier molecular flexibility index (Phi) is 5.08. The molecule has 0 N–H and O–H groups in total. The number of nitrogens with zero attached hydrogens (tertiary/aromatic N) is 1. The fourth-order valence-corrected chi connectivity index (χ4v) is 3.94. The first-order valence-corrected chi connectivity index (χ1v) is 9.06. The highest BCUT2D eigenvalue weighted by atomic mass is 79.9. The molecule has 116 valence electrons. The van der Waals surface area contributed by atoms with Crippen molar-refractivity contribution < 1.29 is 8.42 Å². The summed E-state index contributed by atoms with van der Waals surface area (Å²) in [5, 5.41) is 0. The number of hydrogen-bond acceptors (Lipinski definition) is 2. The second kappa shape index (κ2) is 6.67. The van der Waals surface area contributed by atoms with E-state index in [1.807, 2.05) is 32.0 Å². The van der Waals surface area contributed by atoms with Crippen molar-refractivity contribution in [3.63, 3.8) is 0 Å². The van der Waals surface area contributed by atoms with Crippen LogP contribution < -0.4 is 4.31 Å². The highest BCUT2D eigenvalue weighted by molar-refractivity contribution is 9.10. The maximum absolute atomic E-state index is 13.0. The quantitative estimate of drug-likeness (QED) is 0.719. The SMILES string of the molecule is C=CCN(c1cccc(C)c1C)S(=O)(=O)c1ccc(Br)cc1. The van der Waals surface area contributed by atoms with E-state index in [0.717, 1.165) is 15.6 Å². The highest BCUT2D eigenvalue weighted by Gasteiger charge is 2.25. The van der Waals surface area contributed by atoms with Crippen LogP contribution in [0, 0.1) is 13.8 Å². The molecule has 0 aliphatic carbocycles. The fourth-order valence-electron chi connectivity index (χ4n) is 2.18. The van der Waals surface area contributed by atoms with Gasteiger partial charge in [0.2, 0.25) is 0 Å². The Hall–Kier alpha value is -1.59. The molecule has 0 aliphatic rings. The minimum atomic E-state index is -3.63. The van der Waals surface area contributed by atoms with Crippen molar-refractivity contribution in [2.24, 2.45) is 0 Å². The molecule has 3 nitrogen and oxygen atoms in total. The Morgan fingerprint density at radius 1 is 1.14 bits per heavy atom. The second-order valence-corrected chi connectivity index (χ2v) is 7.78. The van der Waals surface area contributed by atoms with Gasteiger partial charge in [-0.25, -0.2) is 8.42 Å². The number of rotatable bonds is 5. The van der Waals surface area contributed by atoms with Gasteiger partial charge in [-0.3, -0.25) is 4.31 Å². The van der Waals surface area contributed by atoms with Crippen LogP contribution in [0.5, 0.6) is 0 Å². The molecule has 2 rings (SSSR count). The van der Waals surface area contributed by atoms with Gasteiger partial charge in [0.05, 0.1) is 17.1 Å². The number of aryl methyl sites for hydroxylation is 1. The van der Waals surface area contributed by atoms with E-state index in [-0.39, 0.29) is 11.4 Å². The molecule has 0 saturated heterocycles. The van der Waals surface area contributed by atoms with Gasteiger partial charge in [-0.1, -0.05) is 34.1 Å². The molecule has 22 heavy (non-hydrogen) atoms. The van der Waals surface area contributed by atoms with Gasteiger partial charge < -0.3 is 0 Å². The van der Waals surface area contributed by atoms with Gasteiger partial charge in [0, 0.05) is 4.47 Å². The van der Waals surface area contributed by atoms with Gasteiger partial charge in [0.1, 0.15) is 0 Å². The fraction of sp³-hybridized carbons (Fsp3) is 0.176. The van der Waals surface area contributed by atoms with Gasteiger partial charge in [0.25, 0.3) is 10.0 Å². The van der Waals surface area contributed by atoms with Crippen molar-refractivity contribution in [3.05, 3.63) is 70.7 Å². The summed E-state index contributed by atoms with van der Waals surface area (Å²) in [4.78, 5) is 0.262. The standard InChI is InChI=1S/C17H18BrNO2S/c1-4-12-19(17-7-5-6-13(2)14(17)3)22(20,21)16-10-8-15(18)9-11-16/h4-11H,1,12H2,2-3H3. The minimum absolute atomic E-state index is 0.225. The van der Waals surface area contributed by atoms with Crippen LogP contribution >= 0.6 is 15.9 Å². The van der Waals surface area contributed by atoms with E-state index in [1.54, 1.807) is 30.3 Å². The first kappa shape index (κ1) is 16.8. The lowest BCUT2D eigenvalue weighted by Gasteiger charge is -2.25. The molecule has 0 bridgehead atoms. The first-order chi connectivity index (χ1) is 10.4. The van der Waals surface area contributed by atoms with E-state index in [0.29, 0.717) is 5.69 Å². The molecule has 0 radical (unpaired) electrons. The van der Waals surface area contributed by atoms with Crippen LogP contribution in [0.3, 0.4) is 0 Å².